The number of rotatable bonds is 6. The zero-order valence-corrected chi connectivity index (χ0v) is 12.1. The number of benzene rings is 1. The first-order valence-corrected chi connectivity index (χ1v) is 7.59. The van der Waals surface area contributed by atoms with Crippen molar-refractivity contribution < 1.29 is 9.84 Å². The molecule has 19 heavy (non-hydrogen) atoms. The van der Waals surface area contributed by atoms with E-state index in [1.165, 1.54) is 31.2 Å². The summed E-state index contributed by atoms with van der Waals surface area (Å²) in [4.78, 5) is 0. The minimum absolute atomic E-state index is 0.131. The van der Waals surface area contributed by atoms with Crippen molar-refractivity contribution in [2.24, 2.45) is 5.92 Å². The van der Waals surface area contributed by atoms with Crippen molar-refractivity contribution in [1.29, 1.82) is 0 Å². The molecule has 2 rings (SSSR count). The van der Waals surface area contributed by atoms with Gasteiger partial charge in [0.2, 0.25) is 0 Å². The van der Waals surface area contributed by atoms with Crippen LogP contribution in [0.25, 0.3) is 0 Å². The molecule has 2 nitrogen and oxygen atoms in total. The third-order valence-corrected chi connectivity index (χ3v) is 4.24. The Bertz CT molecular complexity index is 365. The van der Waals surface area contributed by atoms with Gasteiger partial charge in [0.1, 0.15) is 6.10 Å². The Balaban J connectivity index is 1.84. The second kappa shape index (κ2) is 7.06. The highest BCUT2D eigenvalue weighted by Crippen LogP contribution is 2.27. The van der Waals surface area contributed by atoms with E-state index in [1.807, 2.05) is 19.1 Å². The van der Waals surface area contributed by atoms with Gasteiger partial charge >= 0.3 is 0 Å². The molecule has 106 valence electrons. The standard InChI is InChI=1S/C17H26O2/c1-3-14-8-10-16(11-9-14)17(18)13(2)19-12-15-6-4-5-7-15/h8-11,13,15,17-18H,3-7,12H2,1-2H3. The van der Waals surface area contributed by atoms with Crippen LogP contribution in [0.2, 0.25) is 0 Å². The molecule has 0 spiro atoms. The monoisotopic (exact) mass is 262 g/mol. The Morgan fingerprint density at radius 1 is 1.21 bits per heavy atom. The number of aryl methyl sites for hydroxylation is 1. The van der Waals surface area contributed by atoms with Gasteiger partial charge in [-0.15, -0.1) is 0 Å². The lowest BCUT2D eigenvalue weighted by Crippen LogP contribution is -2.21. The van der Waals surface area contributed by atoms with Crippen LogP contribution in [0, 0.1) is 5.92 Å². The van der Waals surface area contributed by atoms with Gasteiger partial charge in [-0.2, -0.15) is 0 Å². The van der Waals surface area contributed by atoms with Gasteiger partial charge in [-0.25, -0.2) is 0 Å². The van der Waals surface area contributed by atoms with E-state index in [1.54, 1.807) is 0 Å². The molecule has 0 bridgehead atoms. The van der Waals surface area contributed by atoms with E-state index in [4.69, 9.17) is 4.74 Å². The Hall–Kier alpha value is -0.860. The number of hydrogen-bond acceptors (Lipinski definition) is 2. The minimum Gasteiger partial charge on any atom is -0.386 e. The molecule has 1 saturated carbocycles. The molecule has 0 aliphatic heterocycles. The van der Waals surface area contributed by atoms with Crippen LogP contribution in [0.15, 0.2) is 24.3 Å². The average Bonchev–Trinajstić information content (AvgIpc) is 2.97. The molecule has 1 aromatic rings. The Labute approximate surface area is 116 Å². The van der Waals surface area contributed by atoms with E-state index in [9.17, 15) is 5.11 Å². The van der Waals surface area contributed by atoms with E-state index in [2.05, 4.69) is 19.1 Å². The van der Waals surface area contributed by atoms with Crippen molar-refractivity contribution in [3.05, 3.63) is 35.4 Å². The van der Waals surface area contributed by atoms with Crippen molar-refractivity contribution >= 4 is 0 Å². The van der Waals surface area contributed by atoms with Gasteiger partial charge in [0.15, 0.2) is 0 Å². The van der Waals surface area contributed by atoms with E-state index < -0.39 is 6.10 Å². The Morgan fingerprint density at radius 2 is 1.84 bits per heavy atom. The SMILES string of the molecule is CCc1ccc(C(O)C(C)OCC2CCCC2)cc1. The van der Waals surface area contributed by atoms with Crippen LogP contribution in [0.5, 0.6) is 0 Å². The summed E-state index contributed by atoms with van der Waals surface area (Å²) in [6, 6.07) is 8.20. The predicted molar refractivity (Wildman–Crippen MR) is 78.2 cm³/mol. The molecule has 1 fully saturated rings. The maximum atomic E-state index is 10.3. The maximum Gasteiger partial charge on any atom is 0.105 e. The molecule has 0 amide bonds. The molecule has 0 radical (unpaired) electrons. The zero-order chi connectivity index (χ0) is 13.7. The molecule has 2 heteroatoms. The molecule has 1 aromatic carbocycles. The van der Waals surface area contributed by atoms with Crippen molar-refractivity contribution in [3.63, 3.8) is 0 Å². The topological polar surface area (TPSA) is 29.5 Å². The highest BCUT2D eigenvalue weighted by molar-refractivity contribution is 5.24. The Kier molecular flexibility index (Phi) is 5.41. The second-order valence-electron chi connectivity index (χ2n) is 5.73. The third kappa shape index (κ3) is 4.05. The van der Waals surface area contributed by atoms with Gasteiger partial charge < -0.3 is 9.84 Å². The van der Waals surface area contributed by atoms with Gasteiger partial charge in [-0.1, -0.05) is 44.0 Å². The van der Waals surface area contributed by atoms with Crippen molar-refractivity contribution in [3.8, 4) is 0 Å². The molecule has 2 unspecified atom stereocenters. The van der Waals surface area contributed by atoms with E-state index >= 15 is 0 Å². The van der Waals surface area contributed by atoms with Crippen molar-refractivity contribution in [1.82, 2.24) is 0 Å². The van der Waals surface area contributed by atoms with E-state index in [0.29, 0.717) is 5.92 Å². The maximum absolute atomic E-state index is 10.3. The Morgan fingerprint density at radius 3 is 2.42 bits per heavy atom. The smallest absolute Gasteiger partial charge is 0.105 e. The molecule has 1 N–H and O–H groups in total. The molecule has 0 heterocycles. The van der Waals surface area contributed by atoms with Crippen molar-refractivity contribution in [2.45, 2.75) is 58.2 Å². The summed E-state index contributed by atoms with van der Waals surface area (Å²) in [5, 5.41) is 10.3. The summed E-state index contributed by atoms with van der Waals surface area (Å²) in [5.74, 6) is 0.706. The molecular weight excluding hydrogens is 236 g/mol. The quantitative estimate of drug-likeness (QED) is 0.843. The van der Waals surface area contributed by atoms with Gasteiger partial charge in [-0.3, -0.25) is 0 Å². The number of ether oxygens (including phenoxy) is 1. The van der Waals surface area contributed by atoms with Crippen LogP contribution in [0.3, 0.4) is 0 Å². The molecule has 0 saturated heterocycles. The highest BCUT2D eigenvalue weighted by Gasteiger charge is 2.20. The van der Waals surface area contributed by atoms with Gasteiger partial charge in [0, 0.05) is 6.61 Å². The van der Waals surface area contributed by atoms with Crippen LogP contribution >= 0.6 is 0 Å². The largest absolute Gasteiger partial charge is 0.386 e. The fourth-order valence-electron chi connectivity index (χ4n) is 2.78. The number of aliphatic hydroxyl groups excluding tert-OH is 1. The first kappa shape index (κ1) is 14.5. The van der Waals surface area contributed by atoms with E-state index in [-0.39, 0.29) is 6.10 Å². The minimum atomic E-state index is -0.521. The summed E-state index contributed by atoms with van der Waals surface area (Å²) < 4.78 is 5.85. The average molecular weight is 262 g/mol. The molecule has 0 aromatic heterocycles. The molecular formula is C17H26O2. The lowest BCUT2D eigenvalue weighted by atomic mass is 10.0. The summed E-state index contributed by atoms with van der Waals surface area (Å²) in [5.41, 5.74) is 2.26. The van der Waals surface area contributed by atoms with Gasteiger partial charge in [-0.05, 0) is 43.2 Å². The second-order valence-corrected chi connectivity index (χ2v) is 5.73. The fraction of sp³-hybridized carbons (Fsp3) is 0.647. The van der Waals surface area contributed by atoms with Crippen LogP contribution in [-0.2, 0) is 11.2 Å². The molecule has 1 aliphatic rings. The summed E-state index contributed by atoms with van der Waals surface area (Å²) in [6.45, 7) is 4.90. The van der Waals surface area contributed by atoms with E-state index in [0.717, 1.165) is 18.6 Å². The van der Waals surface area contributed by atoms with Crippen LogP contribution in [0.1, 0.15) is 56.8 Å². The number of hydrogen-bond donors (Lipinski definition) is 1. The van der Waals surface area contributed by atoms with Crippen LogP contribution in [-0.4, -0.2) is 17.8 Å². The molecule has 2 atom stereocenters. The third-order valence-electron chi connectivity index (χ3n) is 4.24. The van der Waals surface area contributed by atoms with Crippen LogP contribution < -0.4 is 0 Å². The predicted octanol–water partition coefficient (Wildman–Crippen LogP) is 3.88. The fourth-order valence-corrected chi connectivity index (χ4v) is 2.78. The van der Waals surface area contributed by atoms with Crippen LogP contribution in [0.4, 0.5) is 0 Å². The zero-order valence-electron chi connectivity index (χ0n) is 12.1. The first-order valence-electron chi connectivity index (χ1n) is 7.59. The normalized spacial score (nSPS) is 19.5. The summed E-state index contributed by atoms with van der Waals surface area (Å²) in [6.07, 6.45) is 5.62. The summed E-state index contributed by atoms with van der Waals surface area (Å²) >= 11 is 0. The molecule has 1 aliphatic carbocycles. The lowest BCUT2D eigenvalue weighted by Gasteiger charge is -2.22. The van der Waals surface area contributed by atoms with Gasteiger partial charge in [0.25, 0.3) is 0 Å². The number of aliphatic hydroxyl groups is 1. The van der Waals surface area contributed by atoms with Gasteiger partial charge in [0.05, 0.1) is 6.10 Å². The highest BCUT2D eigenvalue weighted by atomic mass is 16.5. The summed E-state index contributed by atoms with van der Waals surface area (Å²) in [7, 11) is 0. The van der Waals surface area contributed by atoms with Crippen molar-refractivity contribution in [2.75, 3.05) is 6.61 Å². The lowest BCUT2D eigenvalue weighted by molar-refractivity contribution is -0.0400. The first-order chi connectivity index (χ1) is 9.20.